The fourth-order valence-corrected chi connectivity index (χ4v) is 3.37. The van der Waals surface area contributed by atoms with Gasteiger partial charge in [0, 0.05) is 36.0 Å². The Kier molecular flexibility index (Phi) is 6.72. The van der Waals surface area contributed by atoms with Gasteiger partial charge in [-0.05, 0) is 43.8 Å². The van der Waals surface area contributed by atoms with E-state index in [0.29, 0.717) is 17.3 Å². The summed E-state index contributed by atoms with van der Waals surface area (Å²) < 4.78 is 5.46. The molecule has 0 unspecified atom stereocenters. The molecule has 1 atom stereocenters. The van der Waals surface area contributed by atoms with Crippen molar-refractivity contribution < 1.29 is 9.53 Å². The Morgan fingerprint density at radius 3 is 2.70 bits per heavy atom. The maximum atomic E-state index is 12.6. The van der Waals surface area contributed by atoms with Gasteiger partial charge < -0.3 is 15.0 Å². The third-order valence-electron chi connectivity index (χ3n) is 4.90. The molecule has 6 heteroatoms. The molecule has 5 nitrogen and oxygen atoms in total. The molecule has 0 aromatic heterocycles. The monoisotopic (exact) mass is 387 g/mol. The highest BCUT2D eigenvalue weighted by Gasteiger charge is 2.21. The van der Waals surface area contributed by atoms with Crippen LogP contribution in [0.3, 0.4) is 0 Å². The van der Waals surface area contributed by atoms with Crippen molar-refractivity contribution in [3.05, 3.63) is 59.1 Å². The zero-order valence-corrected chi connectivity index (χ0v) is 16.6. The molecule has 27 heavy (non-hydrogen) atoms. The average Bonchev–Trinajstić information content (AvgIpc) is 2.68. The van der Waals surface area contributed by atoms with Gasteiger partial charge in [-0.3, -0.25) is 9.69 Å². The highest BCUT2D eigenvalue weighted by Crippen LogP contribution is 2.23. The van der Waals surface area contributed by atoms with Gasteiger partial charge in [0.2, 0.25) is 5.91 Å². The molecule has 0 radical (unpaired) electrons. The first kappa shape index (κ1) is 19.7. The average molecular weight is 388 g/mol. The number of hydrogen-bond acceptors (Lipinski definition) is 4. The van der Waals surface area contributed by atoms with Crippen molar-refractivity contribution in [2.45, 2.75) is 19.5 Å². The van der Waals surface area contributed by atoms with E-state index in [4.69, 9.17) is 16.3 Å². The van der Waals surface area contributed by atoms with Crippen LogP contribution in [-0.2, 0) is 16.1 Å². The summed E-state index contributed by atoms with van der Waals surface area (Å²) in [5.41, 5.74) is 3.14. The van der Waals surface area contributed by atoms with Crippen molar-refractivity contribution in [1.82, 2.24) is 4.90 Å². The molecular formula is C21H26ClN3O2. The van der Waals surface area contributed by atoms with Crippen LogP contribution in [0.5, 0.6) is 0 Å². The number of para-hydroxylation sites is 1. The summed E-state index contributed by atoms with van der Waals surface area (Å²) in [6.07, 6.45) is 0. The molecule has 1 amide bonds. The standard InChI is InChI=1S/C21H26ClN3O2/c1-16(21(26)23-19-8-5-7-18(22)14-19)24(2)15-17-6-3-4-9-20(17)25-10-12-27-13-11-25/h3-9,14,16H,10-13,15H2,1-2H3,(H,23,26)/t16-/m0/s1. The Balaban J connectivity index is 1.65. The summed E-state index contributed by atoms with van der Waals surface area (Å²) in [5.74, 6) is -0.0522. The van der Waals surface area contributed by atoms with Crippen LogP contribution in [0, 0.1) is 0 Å². The van der Waals surface area contributed by atoms with E-state index in [1.54, 1.807) is 12.1 Å². The second-order valence-corrected chi connectivity index (χ2v) is 7.26. The maximum absolute atomic E-state index is 12.6. The van der Waals surface area contributed by atoms with Gasteiger partial charge >= 0.3 is 0 Å². The van der Waals surface area contributed by atoms with Gasteiger partial charge in [0.1, 0.15) is 0 Å². The molecule has 1 aliphatic rings. The number of carbonyl (C=O) groups excluding carboxylic acids is 1. The zero-order chi connectivity index (χ0) is 19.2. The Bertz CT molecular complexity index is 778. The molecule has 2 aromatic rings. The lowest BCUT2D eigenvalue weighted by Gasteiger charge is -2.32. The molecule has 2 aromatic carbocycles. The van der Waals surface area contributed by atoms with Gasteiger partial charge in [-0.15, -0.1) is 0 Å². The molecule has 1 saturated heterocycles. The summed E-state index contributed by atoms with van der Waals surface area (Å²) in [4.78, 5) is 17.0. The van der Waals surface area contributed by atoms with Crippen molar-refractivity contribution in [2.24, 2.45) is 0 Å². The number of rotatable bonds is 6. The molecule has 0 bridgehead atoms. The number of hydrogen-bond donors (Lipinski definition) is 1. The first-order chi connectivity index (χ1) is 13.0. The van der Waals surface area contributed by atoms with Crippen LogP contribution in [0.2, 0.25) is 5.02 Å². The minimum absolute atomic E-state index is 0.0522. The highest BCUT2D eigenvalue weighted by atomic mass is 35.5. The van der Waals surface area contributed by atoms with Crippen LogP contribution in [0.1, 0.15) is 12.5 Å². The normalized spacial score (nSPS) is 15.6. The van der Waals surface area contributed by atoms with Crippen LogP contribution in [-0.4, -0.2) is 50.2 Å². The molecule has 1 aliphatic heterocycles. The number of amides is 1. The highest BCUT2D eigenvalue weighted by molar-refractivity contribution is 6.30. The number of halogens is 1. The number of nitrogens with one attached hydrogen (secondary N) is 1. The van der Waals surface area contributed by atoms with Crippen molar-refractivity contribution in [3.8, 4) is 0 Å². The SMILES string of the molecule is C[C@@H](C(=O)Nc1cccc(Cl)c1)N(C)Cc1ccccc1N1CCOCC1. The number of benzene rings is 2. The van der Waals surface area contributed by atoms with E-state index >= 15 is 0 Å². The summed E-state index contributed by atoms with van der Waals surface area (Å²) in [6, 6.07) is 15.3. The van der Waals surface area contributed by atoms with Gasteiger partial charge in [0.15, 0.2) is 0 Å². The van der Waals surface area contributed by atoms with E-state index in [2.05, 4.69) is 33.3 Å². The Morgan fingerprint density at radius 2 is 1.96 bits per heavy atom. The third-order valence-corrected chi connectivity index (χ3v) is 5.13. The van der Waals surface area contributed by atoms with Crippen LogP contribution in [0.15, 0.2) is 48.5 Å². The number of ether oxygens (including phenoxy) is 1. The summed E-state index contributed by atoms with van der Waals surface area (Å²) in [6.45, 7) is 5.90. The molecule has 1 N–H and O–H groups in total. The quantitative estimate of drug-likeness (QED) is 0.822. The van der Waals surface area contributed by atoms with Crippen LogP contribution in [0.4, 0.5) is 11.4 Å². The van der Waals surface area contributed by atoms with E-state index in [9.17, 15) is 4.79 Å². The summed E-state index contributed by atoms with van der Waals surface area (Å²) >= 11 is 5.99. The minimum atomic E-state index is -0.276. The van der Waals surface area contributed by atoms with Crippen LogP contribution in [0.25, 0.3) is 0 Å². The molecule has 1 heterocycles. The van der Waals surface area contributed by atoms with Crippen LogP contribution >= 0.6 is 11.6 Å². The van der Waals surface area contributed by atoms with E-state index in [1.165, 1.54) is 11.3 Å². The van der Waals surface area contributed by atoms with E-state index in [0.717, 1.165) is 26.3 Å². The maximum Gasteiger partial charge on any atom is 0.241 e. The molecule has 0 saturated carbocycles. The van der Waals surface area contributed by atoms with E-state index in [-0.39, 0.29) is 11.9 Å². The Hall–Kier alpha value is -2.08. The fraction of sp³-hybridized carbons (Fsp3) is 0.381. The van der Waals surface area contributed by atoms with Crippen molar-refractivity contribution in [2.75, 3.05) is 43.6 Å². The number of carbonyl (C=O) groups is 1. The predicted octanol–water partition coefficient (Wildman–Crippen LogP) is 3.64. The Labute approximate surface area is 165 Å². The number of likely N-dealkylation sites (N-methyl/N-ethyl adjacent to an activating group) is 1. The predicted molar refractivity (Wildman–Crippen MR) is 110 cm³/mol. The van der Waals surface area contributed by atoms with Crippen molar-refractivity contribution in [3.63, 3.8) is 0 Å². The molecule has 0 aliphatic carbocycles. The topological polar surface area (TPSA) is 44.8 Å². The number of anilines is 2. The lowest BCUT2D eigenvalue weighted by molar-refractivity contribution is -0.120. The third kappa shape index (κ3) is 5.22. The second-order valence-electron chi connectivity index (χ2n) is 6.82. The number of morpholine rings is 1. The smallest absolute Gasteiger partial charge is 0.241 e. The van der Waals surface area contributed by atoms with Crippen molar-refractivity contribution >= 4 is 28.9 Å². The van der Waals surface area contributed by atoms with Crippen LogP contribution < -0.4 is 10.2 Å². The van der Waals surface area contributed by atoms with Gasteiger partial charge in [-0.2, -0.15) is 0 Å². The lowest BCUT2D eigenvalue weighted by atomic mass is 10.1. The van der Waals surface area contributed by atoms with E-state index in [1.807, 2.05) is 32.2 Å². The first-order valence-electron chi connectivity index (χ1n) is 9.22. The van der Waals surface area contributed by atoms with E-state index < -0.39 is 0 Å². The second kappa shape index (κ2) is 9.22. The molecule has 0 spiro atoms. The molecule has 3 rings (SSSR count). The zero-order valence-electron chi connectivity index (χ0n) is 15.8. The van der Waals surface area contributed by atoms with Gasteiger partial charge in [0.05, 0.1) is 19.3 Å². The van der Waals surface area contributed by atoms with Gasteiger partial charge in [-0.1, -0.05) is 35.9 Å². The minimum Gasteiger partial charge on any atom is -0.378 e. The molecular weight excluding hydrogens is 362 g/mol. The lowest BCUT2D eigenvalue weighted by Crippen LogP contribution is -2.40. The Morgan fingerprint density at radius 1 is 1.22 bits per heavy atom. The van der Waals surface area contributed by atoms with Crippen molar-refractivity contribution in [1.29, 1.82) is 0 Å². The molecule has 1 fully saturated rings. The largest absolute Gasteiger partial charge is 0.378 e. The molecule has 144 valence electrons. The number of nitrogens with zero attached hydrogens (tertiary/aromatic N) is 2. The summed E-state index contributed by atoms with van der Waals surface area (Å²) in [5, 5.41) is 3.54. The van der Waals surface area contributed by atoms with Gasteiger partial charge in [-0.25, -0.2) is 0 Å². The fourth-order valence-electron chi connectivity index (χ4n) is 3.18. The summed E-state index contributed by atoms with van der Waals surface area (Å²) in [7, 11) is 1.97. The first-order valence-corrected chi connectivity index (χ1v) is 9.59. The van der Waals surface area contributed by atoms with Gasteiger partial charge in [0.25, 0.3) is 0 Å².